The summed E-state index contributed by atoms with van der Waals surface area (Å²) in [6, 6.07) is 21.8. The van der Waals surface area contributed by atoms with Gasteiger partial charge in [0.15, 0.2) is 5.82 Å². The molecule has 2 N–H and O–H groups in total. The summed E-state index contributed by atoms with van der Waals surface area (Å²) in [7, 11) is 0. The maximum Gasteiger partial charge on any atom is 0.323 e. The highest BCUT2D eigenvalue weighted by molar-refractivity contribution is 7.98. The van der Waals surface area contributed by atoms with Crippen LogP contribution in [0, 0.1) is 0 Å². The van der Waals surface area contributed by atoms with Gasteiger partial charge in [-0.15, -0.1) is 22.0 Å². The normalized spacial score (nSPS) is 10.4. The third kappa shape index (κ3) is 4.98. The molecule has 0 unspecified atom stereocenters. The molecule has 4 aromatic rings. The molecule has 0 aliphatic heterocycles. The van der Waals surface area contributed by atoms with Crippen LogP contribution in [0.1, 0.15) is 0 Å². The smallest absolute Gasteiger partial charge is 0.323 e. The van der Waals surface area contributed by atoms with E-state index in [1.165, 1.54) is 0 Å². The minimum absolute atomic E-state index is 0.312. The average molecular weight is 417 g/mol. The Labute approximate surface area is 178 Å². The van der Waals surface area contributed by atoms with Crippen LogP contribution in [0.15, 0.2) is 90.1 Å². The Balaban J connectivity index is 1.34. The van der Waals surface area contributed by atoms with Crippen LogP contribution in [-0.2, 0) is 0 Å². The van der Waals surface area contributed by atoms with Crippen LogP contribution in [-0.4, -0.2) is 27.1 Å². The average Bonchev–Trinajstić information content (AvgIpc) is 3.31. The van der Waals surface area contributed by atoms with Gasteiger partial charge in [-0.1, -0.05) is 6.07 Å². The highest BCUT2D eigenvalue weighted by atomic mass is 32.2. The molecule has 8 heteroatoms. The topological polar surface area (TPSA) is 81.1 Å². The summed E-state index contributed by atoms with van der Waals surface area (Å²) in [5.74, 6) is 1.69. The zero-order valence-corrected chi connectivity index (χ0v) is 17.0. The Morgan fingerprint density at radius 2 is 1.67 bits per heavy atom. The van der Waals surface area contributed by atoms with E-state index < -0.39 is 0 Å². The van der Waals surface area contributed by atoms with Crippen LogP contribution in [0.4, 0.5) is 16.2 Å². The summed E-state index contributed by atoms with van der Waals surface area (Å²) in [6.07, 6.45) is 5.78. The first-order valence-electron chi connectivity index (χ1n) is 9.17. The quantitative estimate of drug-likeness (QED) is 0.409. The van der Waals surface area contributed by atoms with Gasteiger partial charge in [0.05, 0.1) is 0 Å². The zero-order valence-electron chi connectivity index (χ0n) is 16.1. The highest BCUT2D eigenvalue weighted by Crippen LogP contribution is 2.22. The van der Waals surface area contributed by atoms with Crippen LogP contribution in [0.2, 0.25) is 0 Å². The summed E-state index contributed by atoms with van der Waals surface area (Å²) in [4.78, 5) is 13.3. The molecule has 150 valence electrons. The van der Waals surface area contributed by atoms with Gasteiger partial charge < -0.3 is 19.9 Å². The fourth-order valence-electron chi connectivity index (χ4n) is 2.71. The SMILES string of the molecule is CSc1cccc(NC(=O)Nc2ccc(Oc3ccc(-n4cccc4)nn3)cc2)c1. The van der Waals surface area contributed by atoms with Crippen molar-refractivity contribution in [1.29, 1.82) is 0 Å². The molecule has 2 aromatic heterocycles. The molecule has 0 aliphatic carbocycles. The molecule has 0 saturated heterocycles. The number of thioether (sulfide) groups is 1. The van der Waals surface area contributed by atoms with E-state index in [9.17, 15) is 4.79 Å². The molecule has 2 amide bonds. The summed E-state index contributed by atoms with van der Waals surface area (Å²) < 4.78 is 7.58. The number of amides is 2. The number of benzene rings is 2. The van der Waals surface area contributed by atoms with Crippen molar-refractivity contribution in [2.24, 2.45) is 0 Å². The predicted molar refractivity (Wildman–Crippen MR) is 119 cm³/mol. The Hall–Kier alpha value is -3.78. The summed E-state index contributed by atoms with van der Waals surface area (Å²) >= 11 is 1.62. The van der Waals surface area contributed by atoms with Crippen LogP contribution in [0.5, 0.6) is 11.6 Å². The Kier molecular flexibility index (Phi) is 5.95. The molecule has 0 atom stereocenters. The first kappa shape index (κ1) is 19.5. The molecule has 7 nitrogen and oxygen atoms in total. The van der Waals surface area contributed by atoms with E-state index in [-0.39, 0.29) is 6.03 Å². The fraction of sp³-hybridized carbons (Fsp3) is 0.0455. The lowest BCUT2D eigenvalue weighted by molar-refractivity contribution is 0.262. The van der Waals surface area contributed by atoms with Crippen LogP contribution in [0.3, 0.4) is 0 Å². The minimum Gasteiger partial charge on any atom is -0.438 e. The van der Waals surface area contributed by atoms with Crippen molar-refractivity contribution in [2.75, 3.05) is 16.9 Å². The van der Waals surface area contributed by atoms with E-state index >= 15 is 0 Å². The van der Waals surface area contributed by atoms with Gasteiger partial charge in [0, 0.05) is 34.7 Å². The second kappa shape index (κ2) is 9.15. The zero-order chi connectivity index (χ0) is 20.8. The van der Waals surface area contributed by atoms with E-state index in [4.69, 9.17) is 4.74 Å². The molecular weight excluding hydrogens is 398 g/mol. The number of aromatic nitrogens is 3. The van der Waals surface area contributed by atoms with Gasteiger partial charge in [-0.05, 0) is 66.9 Å². The molecule has 0 bridgehead atoms. The molecule has 0 saturated carbocycles. The minimum atomic E-state index is -0.312. The van der Waals surface area contributed by atoms with Gasteiger partial charge in [-0.2, -0.15) is 0 Å². The van der Waals surface area contributed by atoms with Gasteiger partial charge in [0.1, 0.15) is 5.75 Å². The molecule has 30 heavy (non-hydrogen) atoms. The number of urea groups is 1. The molecule has 0 aliphatic rings. The number of hydrogen-bond acceptors (Lipinski definition) is 5. The number of rotatable bonds is 6. The lowest BCUT2D eigenvalue weighted by atomic mass is 10.3. The largest absolute Gasteiger partial charge is 0.438 e. The van der Waals surface area contributed by atoms with Gasteiger partial charge >= 0.3 is 6.03 Å². The monoisotopic (exact) mass is 417 g/mol. The van der Waals surface area contributed by atoms with Crippen LogP contribution < -0.4 is 15.4 Å². The first-order valence-corrected chi connectivity index (χ1v) is 10.4. The van der Waals surface area contributed by atoms with E-state index in [2.05, 4.69) is 20.8 Å². The van der Waals surface area contributed by atoms with Crippen molar-refractivity contribution < 1.29 is 9.53 Å². The lowest BCUT2D eigenvalue weighted by Gasteiger charge is -2.09. The van der Waals surface area contributed by atoms with Crippen molar-refractivity contribution in [2.45, 2.75) is 4.90 Å². The standard InChI is InChI=1S/C22H19N5O2S/c1-30-19-6-4-5-17(15-19)24-22(28)23-16-7-9-18(10-8-16)29-21-12-11-20(25-26-21)27-13-2-3-14-27/h2-15H,1H3,(H2,23,24,28). The number of hydrogen-bond donors (Lipinski definition) is 2. The molecule has 4 rings (SSSR count). The summed E-state index contributed by atoms with van der Waals surface area (Å²) in [5.41, 5.74) is 1.39. The second-order valence-electron chi connectivity index (χ2n) is 6.26. The third-order valence-corrected chi connectivity index (χ3v) is 4.88. The van der Waals surface area contributed by atoms with Gasteiger partial charge in [0.25, 0.3) is 0 Å². The molecule has 0 spiro atoms. The van der Waals surface area contributed by atoms with Crippen molar-refractivity contribution in [3.05, 3.63) is 85.2 Å². The van der Waals surface area contributed by atoms with Gasteiger partial charge in [-0.25, -0.2) is 4.79 Å². The molecule has 2 aromatic carbocycles. The Morgan fingerprint density at radius 1 is 0.900 bits per heavy atom. The number of ether oxygens (including phenoxy) is 1. The van der Waals surface area contributed by atoms with E-state index in [1.54, 1.807) is 42.1 Å². The van der Waals surface area contributed by atoms with Crippen molar-refractivity contribution >= 4 is 29.2 Å². The second-order valence-corrected chi connectivity index (χ2v) is 7.14. The number of anilines is 2. The van der Waals surface area contributed by atoms with E-state index in [0.717, 1.165) is 10.6 Å². The summed E-state index contributed by atoms with van der Waals surface area (Å²) in [6.45, 7) is 0. The van der Waals surface area contributed by atoms with Crippen molar-refractivity contribution in [3.63, 3.8) is 0 Å². The van der Waals surface area contributed by atoms with Crippen LogP contribution in [0.25, 0.3) is 5.82 Å². The van der Waals surface area contributed by atoms with E-state index in [1.807, 2.05) is 65.7 Å². The van der Waals surface area contributed by atoms with Crippen molar-refractivity contribution in [1.82, 2.24) is 14.8 Å². The van der Waals surface area contributed by atoms with Crippen LogP contribution >= 0.6 is 11.8 Å². The predicted octanol–water partition coefficient (Wildman–Crippen LogP) is 5.43. The number of nitrogens with zero attached hydrogens (tertiary/aromatic N) is 3. The lowest BCUT2D eigenvalue weighted by Crippen LogP contribution is -2.19. The summed E-state index contributed by atoms with van der Waals surface area (Å²) in [5, 5.41) is 13.9. The third-order valence-electron chi connectivity index (χ3n) is 4.16. The Morgan fingerprint density at radius 3 is 2.37 bits per heavy atom. The fourth-order valence-corrected chi connectivity index (χ4v) is 3.17. The maximum absolute atomic E-state index is 12.2. The molecule has 2 heterocycles. The molecule has 0 radical (unpaired) electrons. The molecular formula is C22H19N5O2S. The number of carbonyl (C=O) groups is 1. The molecule has 0 fully saturated rings. The number of carbonyl (C=O) groups excluding carboxylic acids is 1. The maximum atomic E-state index is 12.2. The highest BCUT2D eigenvalue weighted by Gasteiger charge is 2.05. The van der Waals surface area contributed by atoms with Crippen molar-refractivity contribution in [3.8, 4) is 17.4 Å². The Bertz CT molecular complexity index is 1110. The van der Waals surface area contributed by atoms with Gasteiger partial charge in [0.2, 0.25) is 5.88 Å². The van der Waals surface area contributed by atoms with E-state index in [0.29, 0.717) is 23.1 Å². The number of nitrogens with one attached hydrogen (secondary N) is 2. The first-order chi connectivity index (χ1) is 14.7. The van der Waals surface area contributed by atoms with Gasteiger partial charge in [-0.3, -0.25) is 0 Å².